The Labute approximate surface area is 215 Å². The first-order valence-electron chi connectivity index (χ1n) is 11.7. The van der Waals surface area contributed by atoms with E-state index in [1.54, 1.807) is 24.3 Å². The summed E-state index contributed by atoms with van der Waals surface area (Å²) in [6, 6.07) is 23.0. The number of aliphatic hydroxyl groups is 1. The maximum Gasteiger partial charge on any atom is 0.254 e. The second-order valence-electron chi connectivity index (χ2n) is 8.52. The molecule has 1 aliphatic heterocycles. The number of amides is 2. The summed E-state index contributed by atoms with van der Waals surface area (Å²) in [6.45, 7) is 0.428. The largest absolute Gasteiger partial charge is 0.387 e. The zero-order chi connectivity index (χ0) is 25.5. The van der Waals surface area contributed by atoms with Gasteiger partial charge in [0.1, 0.15) is 12.8 Å². The minimum Gasteiger partial charge on any atom is -0.387 e. The highest BCUT2D eigenvalue weighted by atomic mass is 35.5. The van der Waals surface area contributed by atoms with Gasteiger partial charge in [-0.1, -0.05) is 72.3 Å². The first-order chi connectivity index (χ1) is 17.5. The van der Waals surface area contributed by atoms with Crippen molar-refractivity contribution < 1.29 is 19.4 Å². The fraction of sp³-hybridized carbons (Fsp3) is 0.250. The van der Waals surface area contributed by atoms with Crippen LogP contribution in [0.25, 0.3) is 11.1 Å². The number of carbonyl (C=O) groups is 2. The van der Waals surface area contributed by atoms with Crippen molar-refractivity contribution in [1.82, 2.24) is 10.2 Å². The predicted molar refractivity (Wildman–Crippen MR) is 140 cm³/mol. The summed E-state index contributed by atoms with van der Waals surface area (Å²) >= 11 is 6.31. The summed E-state index contributed by atoms with van der Waals surface area (Å²) in [6.07, 6.45) is -0.542. The number of nitrogens with zero attached hydrogens (tertiary/aromatic N) is 2. The Morgan fingerprint density at radius 3 is 2.47 bits per heavy atom. The molecule has 2 N–H and O–H groups in total. The van der Waals surface area contributed by atoms with E-state index in [0.717, 1.165) is 11.1 Å². The number of nitrogens with one attached hydrogen (secondary N) is 1. The molecule has 0 unspecified atom stereocenters. The number of methoxy groups -OCH3 is 1. The molecule has 7 nitrogen and oxygen atoms in total. The van der Waals surface area contributed by atoms with Crippen molar-refractivity contribution in [3.63, 3.8) is 0 Å². The number of hydrogen-bond acceptors (Lipinski definition) is 5. The zero-order valence-corrected chi connectivity index (χ0v) is 20.7. The SMILES string of the molecule is COCN=C1C[C@@H](C(=O)NC[C@@H](O)c2ccccc2)N(C(=O)c2ccc(-c3ccccc3Cl)cc2)C1. The molecule has 1 aliphatic rings. The summed E-state index contributed by atoms with van der Waals surface area (Å²) in [4.78, 5) is 32.4. The van der Waals surface area contributed by atoms with Gasteiger partial charge in [0.05, 0.1) is 12.6 Å². The molecule has 8 heteroatoms. The molecule has 3 aromatic rings. The highest BCUT2D eigenvalue weighted by molar-refractivity contribution is 6.33. The molecule has 0 spiro atoms. The summed E-state index contributed by atoms with van der Waals surface area (Å²) < 4.78 is 5.04. The van der Waals surface area contributed by atoms with Crippen LogP contribution in [0, 0.1) is 0 Å². The molecule has 0 saturated carbocycles. The van der Waals surface area contributed by atoms with Crippen LogP contribution < -0.4 is 5.32 Å². The lowest BCUT2D eigenvalue weighted by molar-refractivity contribution is -0.125. The molecular weight excluding hydrogens is 478 g/mol. The Hall–Kier alpha value is -3.52. The molecule has 2 atom stereocenters. The van der Waals surface area contributed by atoms with Crippen LogP contribution in [0.15, 0.2) is 83.9 Å². The van der Waals surface area contributed by atoms with E-state index in [1.807, 2.05) is 54.6 Å². The summed E-state index contributed by atoms with van der Waals surface area (Å²) in [5.74, 6) is -0.610. The monoisotopic (exact) mass is 505 g/mol. The quantitative estimate of drug-likeness (QED) is 0.482. The average molecular weight is 506 g/mol. The predicted octanol–water partition coefficient (Wildman–Crippen LogP) is 4.12. The molecule has 186 valence electrons. The first-order valence-corrected chi connectivity index (χ1v) is 12.0. The van der Waals surface area contributed by atoms with Gasteiger partial charge in [-0.05, 0) is 29.3 Å². The van der Waals surface area contributed by atoms with E-state index in [0.29, 0.717) is 28.3 Å². The topological polar surface area (TPSA) is 91.2 Å². The number of aliphatic hydroxyl groups excluding tert-OH is 1. The number of aliphatic imine (C=N–C) groups is 1. The van der Waals surface area contributed by atoms with Gasteiger partial charge >= 0.3 is 0 Å². The third-order valence-electron chi connectivity index (χ3n) is 6.11. The number of ether oxygens (including phenoxy) is 1. The number of halogens is 1. The molecule has 0 aliphatic carbocycles. The Kier molecular flexibility index (Phi) is 8.48. The van der Waals surface area contributed by atoms with E-state index in [2.05, 4.69) is 10.3 Å². The highest BCUT2D eigenvalue weighted by Gasteiger charge is 2.38. The van der Waals surface area contributed by atoms with Crippen molar-refractivity contribution in [3.8, 4) is 11.1 Å². The first kappa shape index (κ1) is 25.6. The Morgan fingerprint density at radius 2 is 1.78 bits per heavy atom. The van der Waals surface area contributed by atoms with Crippen molar-refractivity contribution in [1.29, 1.82) is 0 Å². The number of benzene rings is 3. The third kappa shape index (κ3) is 5.99. The van der Waals surface area contributed by atoms with Crippen LogP contribution in [0.4, 0.5) is 0 Å². The lowest BCUT2D eigenvalue weighted by Gasteiger charge is -2.24. The van der Waals surface area contributed by atoms with Crippen LogP contribution in [0.2, 0.25) is 5.02 Å². The normalized spacial score (nSPS) is 17.2. The fourth-order valence-electron chi connectivity index (χ4n) is 4.18. The van der Waals surface area contributed by atoms with E-state index < -0.39 is 12.1 Å². The van der Waals surface area contributed by atoms with Crippen LogP contribution in [0.3, 0.4) is 0 Å². The Bertz CT molecular complexity index is 1230. The Balaban J connectivity index is 1.49. The zero-order valence-electron chi connectivity index (χ0n) is 19.9. The summed E-state index contributed by atoms with van der Waals surface area (Å²) in [7, 11) is 1.54. The molecule has 3 aromatic carbocycles. The van der Waals surface area contributed by atoms with Gasteiger partial charge in [0.15, 0.2) is 0 Å². The van der Waals surface area contributed by atoms with Crippen molar-refractivity contribution in [2.75, 3.05) is 26.9 Å². The van der Waals surface area contributed by atoms with Crippen LogP contribution in [-0.4, -0.2) is 60.5 Å². The molecule has 1 heterocycles. The maximum absolute atomic E-state index is 13.4. The van der Waals surface area contributed by atoms with Gasteiger partial charge in [0, 0.05) is 41.9 Å². The van der Waals surface area contributed by atoms with E-state index in [-0.39, 0.29) is 31.6 Å². The molecule has 0 bridgehead atoms. The van der Waals surface area contributed by atoms with Gasteiger partial charge in [-0.3, -0.25) is 14.6 Å². The molecule has 0 aromatic heterocycles. The number of likely N-dealkylation sites (tertiary alicyclic amines) is 1. The fourth-order valence-corrected chi connectivity index (χ4v) is 4.43. The summed E-state index contributed by atoms with van der Waals surface area (Å²) in [5.41, 5.74) is 3.65. The molecule has 1 fully saturated rings. The Morgan fingerprint density at radius 1 is 1.08 bits per heavy atom. The van der Waals surface area contributed by atoms with Crippen LogP contribution in [0.5, 0.6) is 0 Å². The second-order valence-corrected chi connectivity index (χ2v) is 8.93. The van der Waals surface area contributed by atoms with Gasteiger partial charge in [0.2, 0.25) is 5.91 Å². The van der Waals surface area contributed by atoms with Crippen LogP contribution in [-0.2, 0) is 9.53 Å². The third-order valence-corrected chi connectivity index (χ3v) is 6.44. The number of rotatable bonds is 8. The van der Waals surface area contributed by atoms with Crippen molar-refractivity contribution in [3.05, 3.63) is 95.0 Å². The molecule has 1 saturated heterocycles. The number of carbonyl (C=O) groups excluding carboxylic acids is 2. The molecule has 36 heavy (non-hydrogen) atoms. The molecule has 0 radical (unpaired) electrons. The lowest BCUT2D eigenvalue weighted by Crippen LogP contribution is -2.46. The van der Waals surface area contributed by atoms with Crippen molar-refractivity contribution in [2.45, 2.75) is 18.6 Å². The van der Waals surface area contributed by atoms with Crippen molar-refractivity contribution >= 4 is 29.1 Å². The van der Waals surface area contributed by atoms with Gasteiger partial charge in [-0.25, -0.2) is 0 Å². The minimum atomic E-state index is -0.848. The van der Waals surface area contributed by atoms with E-state index in [9.17, 15) is 14.7 Å². The van der Waals surface area contributed by atoms with Crippen molar-refractivity contribution in [2.24, 2.45) is 4.99 Å². The standard InChI is InChI=1S/C28H28ClN3O4/c1-36-18-31-22-15-25(27(34)30-16-26(33)20-7-3-2-4-8-20)32(17-22)28(35)21-13-11-19(12-14-21)23-9-5-6-10-24(23)29/h2-14,25-26,33H,15-18H2,1H3,(H,30,34)/t25-,26+/m0/s1. The van der Waals surface area contributed by atoms with Gasteiger partial charge in [-0.15, -0.1) is 0 Å². The minimum absolute atomic E-state index is 0.0401. The average Bonchev–Trinajstić information content (AvgIpc) is 3.35. The van der Waals surface area contributed by atoms with E-state index >= 15 is 0 Å². The van der Waals surface area contributed by atoms with Gasteiger partial charge in [0.25, 0.3) is 5.91 Å². The second kappa shape index (κ2) is 11.9. The smallest absolute Gasteiger partial charge is 0.254 e. The number of hydrogen-bond donors (Lipinski definition) is 2. The van der Waals surface area contributed by atoms with E-state index in [1.165, 1.54) is 12.0 Å². The lowest BCUT2D eigenvalue weighted by atomic mass is 10.0. The van der Waals surface area contributed by atoms with Gasteiger partial charge in [-0.2, -0.15) is 0 Å². The maximum atomic E-state index is 13.4. The van der Waals surface area contributed by atoms with Crippen LogP contribution in [0.1, 0.15) is 28.4 Å². The highest BCUT2D eigenvalue weighted by Crippen LogP contribution is 2.28. The molecule has 4 rings (SSSR count). The van der Waals surface area contributed by atoms with E-state index in [4.69, 9.17) is 16.3 Å². The van der Waals surface area contributed by atoms with Crippen LogP contribution >= 0.6 is 11.6 Å². The molecule has 2 amide bonds. The van der Waals surface area contributed by atoms with Gasteiger partial charge < -0.3 is 20.1 Å². The summed E-state index contributed by atoms with van der Waals surface area (Å²) in [5, 5.41) is 13.8. The molecular formula is C28H28ClN3O4.